The summed E-state index contributed by atoms with van der Waals surface area (Å²) in [5.74, 6) is 0.423. The predicted molar refractivity (Wildman–Crippen MR) is 87.9 cm³/mol. The average Bonchev–Trinajstić information content (AvgIpc) is 3.03. The average molecular weight is 356 g/mol. The summed E-state index contributed by atoms with van der Waals surface area (Å²) in [6.07, 6.45) is 8.82. The van der Waals surface area contributed by atoms with Gasteiger partial charge in [-0.05, 0) is 25.7 Å². The molecule has 0 unspecified atom stereocenters. The van der Waals surface area contributed by atoms with Crippen molar-refractivity contribution < 1.29 is 17.6 Å². The molecule has 1 aliphatic carbocycles. The first kappa shape index (κ1) is 17.3. The third-order valence-corrected chi connectivity index (χ3v) is 6.10. The molecule has 1 aliphatic heterocycles. The van der Waals surface area contributed by atoms with Crippen LogP contribution in [0.1, 0.15) is 63.2 Å². The molecule has 1 N–H and O–H groups in total. The summed E-state index contributed by atoms with van der Waals surface area (Å²) in [6.45, 7) is 0.369. The maximum atomic E-state index is 12.5. The fourth-order valence-corrected chi connectivity index (χ4v) is 4.68. The van der Waals surface area contributed by atoms with Gasteiger partial charge >= 0.3 is 6.01 Å². The third kappa shape index (κ3) is 3.94. The van der Waals surface area contributed by atoms with Gasteiger partial charge in [0, 0.05) is 12.5 Å². The summed E-state index contributed by atoms with van der Waals surface area (Å²) in [5, 5.41) is 10.5. The van der Waals surface area contributed by atoms with E-state index in [1.807, 2.05) is 0 Å². The van der Waals surface area contributed by atoms with Gasteiger partial charge in [0.15, 0.2) is 0 Å². The van der Waals surface area contributed by atoms with Crippen LogP contribution in [0.25, 0.3) is 0 Å². The van der Waals surface area contributed by atoms with E-state index in [1.54, 1.807) is 0 Å². The Kier molecular flexibility index (Phi) is 5.19. The number of nitrogens with one attached hydrogen (secondary N) is 1. The van der Waals surface area contributed by atoms with Gasteiger partial charge in [-0.3, -0.25) is 10.1 Å². The zero-order chi connectivity index (χ0) is 17.2. The van der Waals surface area contributed by atoms with Gasteiger partial charge in [-0.2, -0.15) is 4.31 Å². The molecule has 24 heavy (non-hydrogen) atoms. The number of rotatable bonds is 4. The molecule has 1 saturated heterocycles. The molecule has 1 amide bonds. The minimum absolute atomic E-state index is 0.0552. The minimum Gasteiger partial charge on any atom is -0.408 e. The van der Waals surface area contributed by atoms with Crippen LogP contribution in [0.4, 0.5) is 6.01 Å². The predicted octanol–water partition coefficient (Wildman–Crippen LogP) is 1.87. The van der Waals surface area contributed by atoms with Gasteiger partial charge in [0.25, 0.3) is 0 Å². The van der Waals surface area contributed by atoms with Gasteiger partial charge in [-0.15, -0.1) is 5.10 Å². The van der Waals surface area contributed by atoms with Crippen LogP contribution < -0.4 is 5.32 Å². The highest BCUT2D eigenvalue weighted by Gasteiger charge is 2.35. The van der Waals surface area contributed by atoms with Gasteiger partial charge in [0.1, 0.15) is 6.04 Å². The summed E-state index contributed by atoms with van der Waals surface area (Å²) in [5.41, 5.74) is 0. The van der Waals surface area contributed by atoms with Gasteiger partial charge in [0.2, 0.25) is 21.8 Å². The van der Waals surface area contributed by atoms with E-state index in [2.05, 4.69) is 15.5 Å². The Hall–Kier alpha value is -1.48. The van der Waals surface area contributed by atoms with E-state index < -0.39 is 22.0 Å². The Morgan fingerprint density at radius 3 is 2.54 bits per heavy atom. The molecule has 3 rings (SSSR count). The second kappa shape index (κ2) is 7.18. The van der Waals surface area contributed by atoms with E-state index in [1.165, 1.54) is 10.7 Å². The lowest BCUT2D eigenvalue weighted by molar-refractivity contribution is -0.120. The number of anilines is 1. The van der Waals surface area contributed by atoms with Crippen molar-refractivity contribution in [2.45, 2.75) is 63.3 Å². The lowest BCUT2D eigenvalue weighted by Crippen LogP contribution is -2.49. The van der Waals surface area contributed by atoms with E-state index in [0.29, 0.717) is 18.9 Å². The molecule has 134 valence electrons. The molecule has 9 heteroatoms. The van der Waals surface area contributed by atoms with E-state index in [0.717, 1.165) is 44.8 Å². The first-order valence-corrected chi connectivity index (χ1v) is 10.4. The van der Waals surface area contributed by atoms with Crippen LogP contribution in [0.2, 0.25) is 0 Å². The molecule has 1 atom stereocenters. The van der Waals surface area contributed by atoms with E-state index in [9.17, 15) is 13.2 Å². The maximum absolute atomic E-state index is 12.5. The van der Waals surface area contributed by atoms with Crippen molar-refractivity contribution in [3.63, 3.8) is 0 Å². The van der Waals surface area contributed by atoms with E-state index in [4.69, 9.17) is 4.42 Å². The second-order valence-corrected chi connectivity index (χ2v) is 8.59. The SMILES string of the molecule is CS(=O)(=O)N1CCCC[C@H]1C(=O)Nc1nnc(C2CCCCC2)o1. The molecule has 0 bridgehead atoms. The Morgan fingerprint density at radius 1 is 1.12 bits per heavy atom. The van der Waals surface area contributed by atoms with Crippen molar-refractivity contribution in [2.24, 2.45) is 0 Å². The topological polar surface area (TPSA) is 105 Å². The van der Waals surface area contributed by atoms with Gasteiger partial charge in [0.05, 0.1) is 6.26 Å². The second-order valence-electron chi connectivity index (χ2n) is 6.65. The highest BCUT2D eigenvalue weighted by molar-refractivity contribution is 7.88. The number of carbonyl (C=O) groups excluding carboxylic acids is 1. The number of hydrogen-bond donors (Lipinski definition) is 1. The molecule has 2 aliphatic rings. The Labute approximate surface area is 142 Å². The molecule has 0 radical (unpaired) electrons. The fraction of sp³-hybridized carbons (Fsp3) is 0.800. The van der Waals surface area contributed by atoms with Crippen molar-refractivity contribution in [3.8, 4) is 0 Å². The van der Waals surface area contributed by atoms with Crippen LogP contribution in [-0.4, -0.2) is 47.7 Å². The molecule has 1 aromatic heterocycles. The van der Waals surface area contributed by atoms with E-state index >= 15 is 0 Å². The van der Waals surface area contributed by atoms with Crippen molar-refractivity contribution >= 4 is 21.9 Å². The lowest BCUT2D eigenvalue weighted by Gasteiger charge is -2.32. The van der Waals surface area contributed by atoms with Gasteiger partial charge in [-0.25, -0.2) is 8.42 Å². The summed E-state index contributed by atoms with van der Waals surface area (Å²) in [4.78, 5) is 12.5. The summed E-state index contributed by atoms with van der Waals surface area (Å²) in [6, 6.07) is -0.654. The quantitative estimate of drug-likeness (QED) is 0.883. The van der Waals surface area contributed by atoms with Crippen molar-refractivity contribution in [2.75, 3.05) is 18.1 Å². The largest absolute Gasteiger partial charge is 0.408 e. The number of piperidine rings is 1. The number of sulfonamides is 1. The number of hydrogen-bond acceptors (Lipinski definition) is 6. The fourth-order valence-electron chi connectivity index (χ4n) is 3.55. The summed E-state index contributed by atoms with van der Waals surface area (Å²) >= 11 is 0. The minimum atomic E-state index is -3.42. The molecule has 2 heterocycles. The van der Waals surface area contributed by atoms with Crippen molar-refractivity contribution in [3.05, 3.63) is 5.89 Å². The third-order valence-electron chi connectivity index (χ3n) is 4.81. The number of amides is 1. The molecule has 0 spiro atoms. The highest BCUT2D eigenvalue weighted by Crippen LogP contribution is 2.32. The number of nitrogens with zero attached hydrogens (tertiary/aromatic N) is 3. The number of carbonyl (C=O) groups is 1. The molecular weight excluding hydrogens is 332 g/mol. The van der Waals surface area contributed by atoms with Crippen LogP contribution >= 0.6 is 0 Å². The van der Waals surface area contributed by atoms with Crippen LogP contribution in [0.15, 0.2) is 4.42 Å². The smallest absolute Gasteiger partial charge is 0.322 e. The number of aromatic nitrogens is 2. The summed E-state index contributed by atoms with van der Waals surface area (Å²) in [7, 11) is -3.42. The van der Waals surface area contributed by atoms with Crippen LogP contribution in [0, 0.1) is 0 Å². The normalized spacial score (nSPS) is 24.0. The van der Waals surface area contributed by atoms with Crippen molar-refractivity contribution in [1.29, 1.82) is 0 Å². The van der Waals surface area contributed by atoms with Gasteiger partial charge in [-0.1, -0.05) is 30.8 Å². The van der Waals surface area contributed by atoms with Crippen LogP contribution in [0.3, 0.4) is 0 Å². The zero-order valence-corrected chi connectivity index (χ0v) is 14.7. The molecule has 0 aromatic carbocycles. The summed E-state index contributed by atoms with van der Waals surface area (Å²) < 4.78 is 30.6. The molecule has 1 aromatic rings. The molecule has 1 saturated carbocycles. The molecule has 2 fully saturated rings. The Balaban J connectivity index is 1.66. The lowest BCUT2D eigenvalue weighted by atomic mass is 9.89. The van der Waals surface area contributed by atoms with Crippen molar-refractivity contribution in [1.82, 2.24) is 14.5 Å². The maximum Gasteiger partial charge on any atom is 0.322 e. The molecule has 8 nitrogen and oxygen atoms in total. The first-order chi connectivity index (χ1) is 11.4. The standard InChI is InChI=1S/C15H24N4O4S/c1-24(21,22)19-10-6-5-9-12(19)13(20)16-15-18-17-14(23-15)11-7-3-2-4-8-11/h11-12H,2-10H2,1H3,(H,16,18,20)/t12-/m0/s1. The molecular formula is C15H24N4O4S. The van der Waals surface area contributed by atoms with E-state index in [-0.39, 0.29) is 11.9 Å². The first-order valence-electron chi connectivity index (χ1n) is 8.56. The zero-order valence-electron chi connectivity index (χ0n) is 13.9. The monoisotopic (exact) mass is 356 g/mol. The Bertz CT molecular complexity index is 681. The van der Waals surface area contributed by atoms with Crippen LogP contribution in [0.5, 0.6) is 0 Å². The van der Waals surface area contributed by atoms with Gasteiger partial charge < -0.3 is 4.42 Å². The Morgan fingerprint density at radius 2 is 1.83 bits per heavy atom. The van der Waals surface area contributed by atoms with Crippen LogP contribution in [-0.2, 0) is 14.8 Å². The highest BCUT2D eigenvalue weighted by atomic mass is 32.2.